The second kappa shape index (κ2) is 9.78. The fourth-order valence-electron chi connectivity index (χ4n) is 10.9. The van der Waals surface area contributed by atoms with Crippen molar-refractivity contribution in [3.63, 3.8) is 0 Å². The fraction of sp³-hybridized carbons (Fsp3) is 0.727. The number of rotatable bonds is 8. The zero-order valence-electron chi connectivity index (χ0n) is 25.3. The first-order chi connectivity index (χ1) is 19.8. The van der Waals surface area contributed by atoms with Gasteiger partial charge in [-0.1, -0.05) is 25.5 Å². The molecule has 3 saturated carbocycles. The molecule has 7 bridgehead atoms. The van der Waals surface area contributed by atoms with Crippen LogP contribution in [0.4, 0.5) is 0 Å². The molecule has 0 radical (unpaired) electrons. The Labute approximate surface area is 243 Å². The van der Waals surface area contributed by atoms with Crippen LogP contribution in [-0.4, -0.2) is 89.6 Å². The monoisotopic (exact) mass is 567 g/mol. The lowest BCUT2D eigenvalue weighted by molar-refractivity contribution is -0.279. The molecule has 4 aliphatic carbocycles. The van der Waals surface area contributed by atoms with Crippen LogP contribution in [0.2, 0.25) is 0 Å². The van der Waals surface area contributed by atoms with Gasteiger partial charge in [0, 0.05) is 56.0 Å². The third-order valence-electron chi connectivity index (χ3n) is 12.5. The number of hydrogen-bond acceptors (Lipinski definition) is 8. The molecule has 5 fully saturated rings. The number of hydrogen-bond donors (Lipinski definition) is 0. The smallest absolute Gasteiger partial charge is 0.338 e. The molecule has 8 heteroatoms. The van der Waals surface area contributed by atoms with E-state index >= 15 is 0 Å². The Hall–Kier alpha value is -1.97. The van der Waals surface area contributed by atoms with Crippen molar-refractivity contribution >= 4 is 5.97 Å². The summed E-state index contributed by atoms with van der Waals surface area (Å²) in [6.07, 6.45) is 5.86. The molecule has 0 amide bonds. The first-order valence-corrected chi connectivity index (χ1v) is 15.3. The molecule has 11 atom stereocenters. The maximum Gasteiger partial charge on any atom is 0.338 e. The summed E-state index contributed by atoms with van der Waals surface area (Å²) in [7, 11) is 7.14. The minimum atomic E-state index is -0.287. The van der Waals surface area contributed by atoms with Gasteiger partial charge in [-0.05, 0) is 62.4 Å². The quantitative estimate of drug-likeness (QED) is 0.340. The first kappa shape index (κ1) is 27.8. The highest BCUT2D eigenvalue weighted by molar-refractivity contribution is 5.89. The number of nitrogens with zero attached hydrogens (tertiary/aromatic N) is 1. The minimum absolute atomic E-state index is 0.00619. The fourth-order valence-corrected chi connectivity index (χ4v) is 10.9. The predicted molar refractivity (Wildman–Crippen MR) is 152 cm³/mol. The zero-order valence-corrected chi connectivity index (χ0v) is 25.3. The van der Waals surface area contributed by atoms with Gasteiger partial charge in [0.05, 0.1) is 37.6 Å². The average Bonchev–Trinajstić information content (AvgIpc) is 3.32. The van der Waals surface area contributed by atoms with Crippen LogP contribution in [0.15, 0.2) is 35.9 Å². The normalized spacial score (nSPS) is 45.7. The van der Waals surface area contributed by atoms with Crippen LogP contribution in [0.5, 0.6) is 5.75 Å². The number of benzene rings is 1. The molecule has 0 aromatic heterocycles. The number of methoxy groups -OCH3 is 4. The van der Waals surface area contributed by atoms with Crippen LogP contribution in [0.3, 0.4) is 0 Å². The van der Waals surface area contributed by atoms with E-state index in [1.54, 1.807) is 26.4 Å². The Kier molecular flexibility index (Phi) is 6.64. The Balaban J connectivity index is 1.37. The topological polar surface area (TPSA) is 75.7 Å². The molecule has 7 rings (SSSR count). The van der Waals surface area contributed by atoms with Crippen molar-refractivity contribution in [2.75, 3.05) is 48.1 Å². The molecular weight excluding hydrogens is 522 g/mol. The summed E-state index contributed by atoms with van der Waals surface area (Å²) in [5, 5.41) is 0. The molecule has 2 aliphatic heterocycles. The van der Waals surface area contributed by atoms with E-state index < -0.39 is 0 Å². The van der Waals surface area contributed by atoms with E-state index in [9.17, 15) is 4.79 Å². The molecule has 0 N–H and O–H groups in total. The summed E-state index contributed by atoms with van der Waals surface area (Å²) in [4.78, 5) is 16.2. The maximum absolute atomic E-state index is 13.6. The van der Waals surface area contributed by atoms with Gasteiger partial charge in [0.15, 0.2) is 0 Å². The number of piperidine rings is 1. The maximum atomic E-state index is 13.6. The van der Waals surface area contributed by atoms with Crippen molar-refractivity contribution in [3.8, 4) is 5.75 Å². The van der Waals surface area contributed by atoms with E-state index in [1.165, 1.54) is 5.57 Å². The standard InChI is InChI=1S/C33H45NO7/c1-7-34-17-32(18-36-3)13-12-25(39-6)33-23-16-22-24(38-5)14-20(15-26(31(32,33)2)40-30(33)34)27(23)28(22)41-29(35)19-8-10-21(37-4)11-9-19/h8-11,15,22-28,30H,7,12-14,16-18H2,1-6H3/t22-,23-,24+,25+,26-,27+,28-,30-,31-,32+,33-/m1/s1. The van der Waals surface area contributed by atoms with E-state index in [-0.39, 0.29) is 70.6 Å². The lowest BCUT2D eigenvalue weighted by Gasteiger charge is -2.69. The number of ether oxygens (including phenoxy) is 6. The highest BCUT2D eigenvalue weighted by Crippen LogP contribution is 2.79. The van der Waals surface area contributed by atoms with Crippen LogP contribution >= 0.6 is 0 Å². The molecule has 2 saturated heterocycles. The van der Waals surface area contributed by atoms with Gasteiger partial charge in [0.2, 0.25) is 0 Å². The number of carbonyl (C=O) groups is 1. The lowest BCUT2D eigenvalue weighted by Crippen LogP contribution is -2.75. The zero-order chi connectivity index (χ0) is 28.7. The van der Waals surface area contributed by atoms with Crippen molar-refractivity contribution in [2.45, 2.75) is 70.2 Å². The van der Waals surface area contributed by atoms with Crippen molar-refractivity contribution in [1.29, 1.82) is 0 Å². The van der Waals surface area contributed by atoms with Crippen LogP contribution in [0.25, 0.3) is 0 Å². The third kappa shape index (κ3) is 3.37. The van der Waals surface area contributed by atoms with Crippen LogP contribution < -0.4 is 4.74 Å². The molecule has 1 aromatic rings. The van der Waals surface area contributed by atoms with E-state index in [4.69, 9.17) is 28.4 Å². The second-order valence-corrected chi connectivity index (χ2v) is 13.4. The van der Waals surface area contributed by atoms with Gasteiger partial charge in [0.1, 0.15) is 18.1 Å². The second-order valence-electron chi connectivity index (χ2n) is 13.4. The number of fused-ring (bicyclic) bond motifs is 1. The number of likely N-dealkylation sites (tertiary alicyclic amines) is 1. The SMILES string of the molecule is CCN1C[C@]2(COC)CC[C@H](OC)[C@]34[C@@H]5C[C@H]6[C@@H](OC(=O)c7ccc(OC)cc7)[C@H]5C(=C[C@@H](O[C@@H]13)[C@]24C)C[C@@H]6OC. The molecule has 8 nitrogen and oxygen atoms in total. The van der Waals surface area contributed by atoms with Crippen LogP contribution in [0.1, 0.15) is 49.9 Å². The van der Waals surface area contributed by atoms with Crippen LogP contribution in [0, 0.1) is 34.0 Å². The van der Waals surface area contributed by atoms with Gasteiger partial charge in [-0.3, -0.25) is 4.90 Å². The van der Waals surface area contributed by atoms with Gasteiger partial charge in [0.25, 0.3) is 0 Å². The lowest BCUT2D eigenvalue weighted by atomic mass is 9.38. The molecule has 0 unspecified atom stereocenters. The third-order valence-corrected chi connectivity index (χ3v) is 12.5. The summed E-state index contributed by atoms with van der Waals surface area (Å²) >= 11 is 0. The molecule has 1 aromatic carbocycles. The van der Waals surface area contributed by atoms with Crippen molar-refractivity contribution < 1.29 is 33.2 Å². The summed E-state index contributed by atoms with van der Waals surface area (Å²) in [6.45, 7) is 7.29. The Morgan fingerprint density at radius 2 is 1.90 bits per heavy atom. The van der Waals surface area contributed by atoms with Gasteiger partial charge in [-0.15, -0.1) is 0 Å². The predicted octanol–water partition coefficient (Wildman–Crippen LogP) is 4.33. The largest absolute Gasteiger partial charge is 0.497 e. The van der Waals surface area contributed by atoms with Crippen molar-refractivity contribution in [2.24, 2.45) is 34.0 Å². The van der Waals surface area contributed by atoms with E-state index in [1.807, 2.05) is 26.4 Å². The van der Waals surface area contributed by atoms with Gasteiger partial charge < -0.3 is 28.4 Å². The molecular formula is C33H45NO7. The highest BCUT2D eigenvalue weighted by Gasteiger charge is 2.83. The Morgan fingerprint density at radius 3 is 2.56 bits per heavy atom. The minimum Gasteiger partial charge on any atom is -0.497 e. The van der Waals surface area contributed by atoms with E-state index in [0.717, 1.165) is 38.8 Å². The summed E-state index contributed by atoms with van der Waals surface area (Å²) in [5.41, 5.74) is 1.34. The Bertz CT molecular complexity index is 1220. The number of esters is 1. The number of carbonyl (C=O) groups excluding carboxylic acids is 1. The van der Waals surface area contributed by atoms with Gasteiger partial charge in [-0.2, -0.15) is 0 Å². The van der Waals surface area contributed by atoms with E-state index in [0.29, 0.717) is 17.9 Å². The average molecular weight is 568 g/mol. The molecule has 2 heterocycles. The van der Waals surface area contributed by atoms with E-state index in [2.05, 4.69) is 24.8 Å². The molecule has 0 spiro atoms. The summed E-state index contributed by atoms with van der Waals surface area (Å²) in [5.74, 6) is 0.872. The van der Waals surface area contributed by atoms with Crippen molar-refractivity contribution in [1.82, 2.24) is 4.90 Å². The molecule has 6 aliphatic rings. The Morgan fingerprint density at radius 1 is 1.12 bits per heavy atom. The van der Waals surface area contributed by atoms with Gasteiger partial charge in [-0.25, -0.2) is 4.79 Å². The molecule has 41 heavy (non-hydrogen) atoms. The summed E-state index contributed by atoms with van der Waals surface area (Å²) < 4.78 is 37.7. The van der Waals surface area contributed by atoms with Crippen LogP contribution in [-0.2, 0) is 23.7 Å². The highest BCUT2D eigenvalue weighted by atomic mass is 16.6. The first-order valence-electron chi connectivity index (χ1n) is 15.3. The van der Waals surface area contributed by atoms with Gasteiger partial charge >= 0.3 is 5.97 Å². The summed E-state index contributed by atoms with van der Waals surface area (Å²) in [6, 6.07) is 7.19. The van der Waals surface area contributed by atoms with Crippen molar-refractivity contribution in [3.05, 3.63) is 41.5 Å². The molecule has 224 valence electrons.